The summed E-state index contributed by atoms with van der Waals surface area (Å²) in [6, 6.07) is 1.79. The maximum absolute atomic E-state index is 15.1. The normalized spacial score (nSPS) is 13.1. The third-order valence-corrected chi connectivity index (χ3v) is 11.9. The maximum atomic E-state index is 15.1. The first-order valence-electron chi connectivity index (χ1n) is 7.45. The van der Waals surface area contributed by atoms with Crippen LogP contribution in [0.2, 0.25) is 16.6 Å². The minimum atomic E-state index is -1.99. The number of aromatic amines is 1. The highest BCUT2D eigenvalue weighted by Gasteiger charge is 2.46. The predicted molar refractivity (Wildman–Crippen MR) is 86.7 cm³/mol. The molecule has 0 fully saturated rings. The van der Waals surface area contributed by atoms with Gasteiger partial charge in [0.1, 0.15) is 19.5 Å². The first kappa shape index (κ1) is 15.2. The SMILES string of the molecule is CC(C)[Si](c1cnc2[nH]ccc2c1F)(C(C)C)C(C)C. The zero-order valence-corrected chi connectivity index (χ0v) is 14.3. The van der Waals surface area contributed by atoms with Crippen molar-refractivity contribution in [1.29, 1.82) is 0 Å². The van der Waals surface area contributed by atoms with Crippen molar-refractivity contribution in [3.8, 4) is 0 Å². The number of nitrogens with zero attached hydrogens (tertiary/aromatic N) is 1. The summed E-state index contributed by atoms with van der Waals surface area (Å²) in [7, 11) is -1.99. The van der Waals surface area contributed by atoms with E-state index in [2.05, 4.69) is 51.5 Å². The Kier molecular flexibility index (Phi) is 4.05. The molecule has 0 bridgehead atoms. The lowest BCUT2D eigenvalue weighted by Gasteiger charge is -2.43. The number of rotatable bonds is 4. The first-order valence-corrected chi connectivity index (χ1v) is 9.68. The van der Waals surface area contributed by atoms with Crippen molar-refractivity contribution < 1.29 is 4.39 Å². The summed E-state index contributed by atoms with van der Waals surface area (Å²) in [6.45, 7) is 13.5. The van der Waals surface area contributed by atoms with Crippen molar-refractivity contribution in [2.24, 2.45) is 0 Å². The summed E-state index contributed by atoms with van der Waals surface area (Å²) in [5.74, 6) is -0.0565. The van der Waals surface area contributed by atoms with E-state index in [0.717, 1.165) is 5.19 Å². The van der Waals surface area contributed by atoms with E-state index in [9.17, 15) is 0 Å². The van der Waals surface area contributed by atoms with Gasteiger partial charge in [0.15, 0.2) is 0 Å². The molecule has 0 aliphatic rings. The summed E-state index contributed by atoms with van der Waals surface area (Å²) < 4.78 is 15.1. The lowest BCUT2D eigenvalue weighted by molar-refractivity contribution is 0.642. The van der Waals surface area contributed by atoms with Crippen molar-refractivity contribution in [1.82, 2.24) is 9.97 Å². The topological polar surface area (TPSA) is 28.7 Å². The van der Waals surface area contributed by atoms with Gasteiger partial charge in [0.25, 0.3) is 0 Å². The summed E-state index contributed by atoms with van der Waals surface area (Å²) in [4.78, 5) is 7.45. The Morgan fingerprint density at radius 3 is 2.10 bits per heavy atom. The van der Waals surface area contributed by atoms with Gasteiger partial charge in [0.05, 0.1) is 5.39 Å². The molecule has 0 saturated heterocycles. The second-order valence-corrected chi connectivity index (χ2v) is 12.5. The van der Waals surface area contributed by atoms with Crippen LogP contribution in [0, 0.1) is 5.82 Å². The van der Waals surface area contributed by atoms with E-state index in [1.807, 2.05) is 0 Å². The molecule has 0 radical (unpaired) electrons. The molecule has 0 amide bonds. The molecule has 0 unspecified atom stereocenters. The summed E-state index contributed by atoms with van der Waals surface area (Å²) in [5.41, 5.74) is 2.09. The van der Waals surface area contributed by atoms with E-state index in [4.69, 9.17) is 0 Å². The van der Waals surface area contributed by atoms with Crippen molar-refractivity contribution in [2.45, 2.75) is 58.2 Å². The van der Waals surface area contributed by atoms with Crippen LogP contribution in [-0.4, -0.2) is 18.0 Å². The van der Waals surface area contributed by atoms with Gasteiger partial charge < -0.3 is 4.98 Å². The van der Waals surface area contributed by atoms with Crippen LogP contribution >= 0.6 is 0 Å². The Bertz CT molecular complexity index is 580. The number of fused-ring (bicyclic) bond motifs is 1. The monoisotopic (exact) mass is 292 g/mol. The number of aromatic nitrogens is 2. The fourth-order valence-electron chi connectivity index (χ4n) is 4.21. The molecule has 0 atom stereocenters. The molecule has 2 aromatic rings. The fourth-order valence-corrected chi connectivity index (χ4v) is 10.9. The Balaban J connectivity index is 2.77. The van der Waals surface area contributed by atoms with Gasteiger partial charge in [-0.25, -0.2) is 9.37 Å². The van der Waals surface area contributed by atoms with Gasteiger partial charge in [-0.15, -0.1) is 0 Å². The van der Waals surface area contributed by atoms with Crippen molar-refractivity contribution in [3.05, 3.63) is 24.3 Å². The third kappa shape index (κ3) is 2.01. The lowest BCUT2D eigenvalue weighted by atomic mass is 10.3. The molecule has 0 spiro atoms. The van der Waals surface area contributed by atoms with Crippen LogP contribution in [-0.2, 0) is 0 Å². The van der Waals surface area contributed by atoms with E-state index in [1.165, 1.54) is 0 Å². The Morgan fingerprint density at radius 2 is 1.60 bits per heavy atom. The molecule has 20 heavy (non-hydrogen) atoms. The van der Waals surface area contributed by atoms with Gasteiger partial charge in [0, 0.05) is 12.4 Å². The zero-order chi connectivity index (χ0) is 15.1. The quantitative estimate of drug-likeness (QED) is 0.820. The summed E-state index contributed by atoms with van der Waals surface area (Å²) in [6.07, 6.45) is 3.55. The third-order valence-electron chi connectivity index (χ3n) is 4.85. The highest BCUT2D eigenvalue weighted by atomic mass is 28.3. The Morgan fingerprint density at radius 1 is 1.05 bits per heavy atom. The molecule has 2 nitrogen and oxygen atoms in total. The van der Waals surface area contributed by atoms with Gasteiger partial charge in [0.2, 0.25) is 0 Å². The smallest absolute Gasteiger partial charge is 0.140 e. The van der Waals surface area contributed by atoms with Crippen LogP contribution in [0.3, 0.4) is 0 Å². The van der Waals surface area contributed by atoms with E-state index in [1.54, 1.807) is 18.5 Å². The van der Waals surface area contributed by atoms with Gasteiger partial charge >= 0.3 is 0 Å². The average Bonchev–Trinajstić information content (AvgIpc) is 2.80. The molecule has 2 heterocycles. The Labute approximate surface area is 121 Å². The lowest BCUT2D eigenvalue weighted by Crippen LogP contribution is -2.57. The number of pyridine rings is 1. The average molecular weight is 292 g/mol. The minimum Gasteiger partial charge on any atom is -0.346 e. The van der Waals surface area contributed by atoms with Crippen LogP contribution in [0.15, 0.2) is 18.5 Å². The van der Waals surface area contributed by atoms with Crippen LogP contribution in [0.5, 0.6) is 0 Å². The number of hydrogen-bond acceptors (Lipinski definition) is 1. The highest BCUT2D eigenvalue weighted by molar-refractivity contribution is 6.95. The first-order chi connectivity index (χ1) is 9.33. The van der Waals surface area contributed by atoms with Crippen molar-refractivity contribution in [3.63, 3.8) is 0 Å². The molecule has 2 rings (SSSR count). The van der Waals surface area contributed by atoms with Crippen LogP contribution < -0.4 is 5.19 Å². The van der Waals surface area contributed by atoms with E-state index in [-0.39, 0.29) is 5.82 Å². The molecule has 0 aromatic carbocycles. The largest absolute Gasteiger partial charge is 0.346 e. The molecule has 4 heteroatoms. The van der Waals surface area contributed by atoms with Gasteiger partial charge in [-0.1, -0.05) is 41.5 Å². The van der Waals surface area contributed by atoms with Crippen LogP contribution in [0.25, 0.3) is 11.0 Å². The predicted octanol–water partition coefficient (Wildman–Crippen LogP) is 4.59. The Hall–Kier alpha value is -1.16. The standard InChI is InChI=1S/C16H25FN2Si/c1-10(2)20(11(3)4,12(5)6)14-9-19-16-13(15(14)17)7-8-18-16/h7-12H,1-6H3,(H,18,19). The summed E-state index contributed by atoms with van der Waals surface area (Å²) >= 11 is 0. The van der Waals surface area contributed by atoms with Crippen molar-refractivity contribution in [2.75, 3.05) is 0 Å². The minimum absolute atomic E-state index is 0.0565. The van der Waals surface area contributed by atoms with Gasteiger partial charge in [-0.3, -0.25) is 0 Å². The van der Waals surface area contributed by atoms with Crippen LogP contribution in [0.1, 0.15) is 41.5 Å². The second-order valence-electron chi connectivity index (χ2n) is 6.62. The van der Waals surface area contributed by atoms with E-state index < -0.39 is 8.07 Å². The number of H-pyrrole nitrogens is 1. The number of halogens is 1. The van der Waals surface area contributed by atoms with Crippen LogP contribution in [0.4, 0.5) is 4.39 Å². The molecule has 0 saturated carbocycles. The zero-order valence-electron chi connectivity index (χ0n) is 13.3. The number of hydrogen-bond donors (Lipinski definition) is 1. The maximum Gasteiger partial charge on any atom is 0.140 e. The molecular weight excluding hydrogens is 267 g/mol. The van der Waals surface area contributed by atoms with E-state index in [0.29, 0.717) is 27.7 Å². The second kappa shape index (κ2) is 5.32. The van der Waals surface area contributed by atoms with E-state index >= 15 is 4.39 Å². The highest BCUT2D eigenvalue weighted by Crippen LogP contribution is 2.41. The van der Waals surface area contributed by atoms with Crippen molar-refractivity contribution >= 4 is 24.3 Å². The molecule has 0 aliphatic carbocycles. The van der Waals surface area contributed by atoms with Gasteiger partial charge in [-0.05, 0) is 27.9 Å². The summed E-state index contributed by atoms with van der Waals surface area (Å²) in [5, 5.41) is 1.52. The van der Waals surface area contributed by atoms with Gasteiger partial charge in [-0.2, -0.15) is 0 Å². The fraction of sp³-hybridized carbons (Fsp3) is 0.562. The molecule has 1 N–H and O–H groups in total. The molecule has 110 valence electrons. The number of nitrogens with one attached hydrogen (secondary N) is 1. The molecule has 0 aliphatic heterocycles. The molecule has 2 aromatic heterocycles. The molecular formula is C16H25FN2Si.